The summed E-state index contributed by atoms with van der Waals surface area (Å²) >= 11 is 18.2. The molecule has 0 unspecified atom stereocenters. The van der Waals surface area contributed by atoms with Crippen molar-refractivity contribution in [3.8, 4) is 11.5 Å². The van der Waals surface area contributed by atoms with Crippen LogP contribution in [0.5, 0.6) is 11.5 Å². The minimum Gasteiger partial charge on any atom is -0.496 e. The summed E-state index contributed by atoms with van der Waals surface area (Å²) in [6.45, 7) is 1.66. The van der Waals surface area contributed by atoms with E-state index in [1.807, 2.05) is 48.5 Å². The molecule has 28 heavy (non-hydrogen) atoms. The zero-order chi connectivity index (χ0) is 19.9. The van der Waals surface area contributed by atoms with E-state index in [9.17, 15) is 0 Å². The lowest BCUT2D eigenvalue weighted by Crippen LogP contribution is -2.14. The van der Waals surface area contributed by atoms with Crippen LogP contribution in [0.4, 0.5) is 0 Å². The van der Waals surface area contributed by atoms with Crippen LogP contribution in [0.25, 0.3) is 0 Å². The third-order valence-corrected chi connectivity index (χ3v) is 5.20. The van der Waals surface area contributed by atoms with Crippen LogP contribution < -0.4 is 14.8 Å². The first-order valence-electron chi connectivity index (χ1n) is 8.74. The Morgan fingerprint density at radius 3 is 2.36 bits per heavy atom. The molecule has 0 atom stereocenters. The monoisotopic (exact) mass is 435 g/mol. The summed E-state index contributed by atoms with van der Waals surface area (Å²) in [4.78, 5) is 0. The molecule has 3 aromatic rings. The second-order valence-electron chi connectivity index (χ2n) is 6.20. The quantitative estimate of drug-likeness (QED) is 0.436. The van der Waals surface area contributed by atoms with Gasteiger partial charge in [-0.25, -0.2) is 0 Å². The van der Waals surface area contributed by atoms with Crippen molar-refractivity contribution in [1.82, 2.24) is 5.32 Å². The standard InChI is InChI=1S/C22H20Cl3NO2/c1-27-21-5-3-2-4-16(21)12-26-13-17-11-18(23)7-9-22(17)28-14-15-6-8-19(24)20(25)10-15/h2-11,26H,12-14H2,1H3. The van der Waals surface area contributed by atoms with Crippen molar-refractivity contribution < 1.29 is 9.47 Å². The SMILES string of the molecule is COc1ccccc1CNCc1cc(Cl)ccc1OCc1ccc(Cl)c(Cl)c1. The molecule has 0 amide bonds. The van der Waals surface area contributed by atoms with Gasteiger partial charge in [-0.05, 0) is 42.0 Å². The van der Waals surface area contributed by atoms with Crippen LogP contribution >= 0.6 is 34.8 Å². The van der Waals surface area contributed by atoms with Crippen molar-refractivity contribution in [2.75, 3.05) is 7.11 Å². The molecule has 0 bridgehead atoms. The molecule has 0 aliphatic carbocycles. The van der Waals surface area contributed by atoms with Gasteiger partial charge in [0.15, 0.2) is 0 Å². The smallest absolute Gasteiger partial charge is 0.124 e. The van der Waals surface area contributed by atoms with E-state index in [2.05, 4.69) is 5.32 Å². The molecule has 3 rings (SSSR count). The summed E-state index contributed by atoms with van der Waals surface area (Å²) < 4.78 is 11.4. The molecule has 0 saturated heterocycles. The second kappa shape index (κ2) is 10.0. The highest BCUT2D eigenvalue weighted by molar-refractivity contribution is 6.42. The molecule has 0 spiro atoms. The fourth-order valence-electron chi connectivity index (χ4n) is 2.80. The lowest BCUT2D eigenvalue weighted by molar-refractivity contribution is 0.302. The van der Waals surface area contributed by atoms with E-state index in [-0.39, 0.29) is 0 Å². The normalized spacial score (nSPS) is 10.7. The van der Waals surface area contributed by atoms with E-state index in [0.717, 1.165) is 28.2 Å². The third kappa shape index (κ3) is 5.55. The molecule has 3 aromatic carbocycles. The number of rotatable bonds is 8. The summed E-state index contributed by atoms with van der Waals surface area (Å²) in [6, 6.07) is 19.0. The second-order valence-corrected chi connectivity index (χ2v) is 7.46. The Labute approximate surface area is 180 Å². The van der Waals surface area contributed by atoms with Crippen LogP contribution in [0.1, 0.15) is 16.7 Å². The highest BCUT2D eigenvalue weighted by Gasteiger charge is 2.08. The van der Waals surface area contributed by atoms with Crippen molar-refractivity contribution in [2.24, 2.45) is 0 Å². The maximum Gasteiger partial charge on any atom is 0.124 e. The van der Waals surface area contributed by atoms with Gasteiger partial charge in [0.05, 0.1) is 17.2 Å². The Balaban J connectivity index is 1.65. The van der Waals surface area contributed by atoms with Gasteiger partial charge in [-0.2, -0.15) is 0 Å². The maximum absolute atomic E-state index is 6.18. The molecule has 0 aliphatic rings. The van der Waals surface area contributed by atoms with E-state index in [0.29, 0.717) is 34.8 Å². The van der Waals surface area contributed by atoms with E-state index >= 15 is 0 Å². The van der Waals surface area contributed by atoms with Gasteiger partial charge < -0.3 is 14.8 Å². The van der Waals surface area contributed by atoms with Crippen molar-refractivity contribution in [3.05, 3.63) is 92.4 Å². The number of hydrogen-bond donors (Lipinski definition) is 1. The fourth-order valence-corrected chi connectivity index (χ4v) is 3.31. The average Bonchev–Trinajstić information content (AvgIpc) is 2.70. The average molecular weight is 437 g/mol. The Bertz CT molecular complexity index is 947. The van der Waals surface area contributed by atoms with Crippen molar-refractivity contribution in [1.29, 1.82) is 0 Å². The molecular formula is C22H20Cl3NO2. The van der Waals surface area contributed by atoms with Crippen LogP contribution in [0, 0.1) is 0 Å². The molecule has 1 N–H and O–H groups in total. The van der Waals surface area contributed by atoms with E-state index < -0.39 is 0 Å². The summed E-state index contributed by atoms with van der Waals surface area (Å²) in [5.74, 6) is 1.63. The number of benzene rings is 3. The third-order valence-electron chi connectivity index (χ3n) is 4.22. The highest BCUT2D eigenvalue weighted by Crippen LogP contribution is 2.26. The van der Waals surface area contributed by atoms with Gasteiger partial charge >= 0.3 is 0 Å². The Hall–Kier alpha value is -1.91. The molecule has 0 aromatic heterocycles. The van der Waals surface area contributed by atoms with Gasteiger partial charge in [-0.3, -0.25) is 0 Å². The largest absolute Gasteiger partial charge is 0.496 e. The molecule has 3 nitrogen and oxygen atoms in total. The van der Waals surface area contributed by atoms with Gasteiger partial charge in [0.25, 0.3) is 0 Å². The number of para-hydroxylation sites is 1. The van der Waals surface area contributed by atoms with Crippen LogP contribution in [0.15, 0.2) is 60.7 Å². The highest BCUT2D eigenvalue weighted by atomic mass is 35.5. The lowest BCUT2D eigenvalue weighted by Gasteiger charge is -2.14. The molecule has 6 heteroatoms. The van der Waals surface area contributed by atoms with Crippen LogP contribution in [0.3, 0.4) is 0 Å². The van der Waals surface area contributed by atoms with E-state index in [1.54, 1.807) is 19.2 Å². The molecule has 0 heterocycles. The van der Waals surface area contributed by atoms with Crippen molar-refractivity contribution in [3.63, 3.8) is 0 Å². The maximum atomic E-state index is 6.18. The first-order chi connectivity index (χ1) is 13.6. The number of ether oxygens (including phenoxy) is 2. The Morgan fingerprint density at radius 2 is 1.57 bits per heavy atom. The Morgan fingerprint density at radius 1 is 0.786 bits per heavy atom. The lowest BCUT2D eigenvalue weighted by atomic mass is 10.1. The number of nitrogens with one attached hydrogen (secondary N) is 1. The molecular weight excluding hydrogens is 417 g/mol. The predicted molar refractivity (Wildman–Crippen MR) is 116 cm³/mol. The number of methoxy groups -OCH3 is 1. The van der Waals surface area contributed by atoms with Crippen molar-refractivity contribution >= 4 is 34.8 Å². The first-order valence-corrected chi connectivity index (χ1v) is 9.88. The molecule has 0 radical (unpaired) electrons. The van der Waals surface area contributed by atoms with Gasteiger partial charge in [-0.1, -0.05) is 59.1 Å². The van der Waals surface area contributed by atoms with Crippen LogP contribution in [0.2, 0.25) is 15.1 Å². The van der Waals surface area contributed by atoms with Crippen LogP contribution in [-0.4, -0.2) is 7.11 Å². The predicted octanol–water partition coefficient (Wildman–Crippen LogP) is 6.52. The summed E-state index contributed by atoms with van der Waals surface area (Å²) in [5.41, 5.74) is 3.00. The zero-order valence-electron chi connectivity index (χ0n) is 15.3. The molecule has 146 valence electrons. The topological polar surface area (TPSA) is 30.5 Å². The minimum absolute atomic E-state index is 0.387. The zero-order valence-corrected chi connectivity index (χ0v) is 17.6. The number of hydrogen-bond acceptors (Lipinski definition) is 3. The molecule has 0 saturated carbocycles. The van der Waals surface area contributed by atoms with Gasteiger partial charge in [-0.15, -0.1) is 0 Å². The van der Waals surface area contributed by atoms with Gasteiger partial charge in [0.2, 0.25) is 0 Å². The van der Waals surface area contributed by atoms with Gasteiger partial charge in [0, 0.05) is 29.2 Å². The van der Waals surface area contributed by atoms with Crippen molar-refractivity contribution in [2.45, 2.75) is 19.7 Å². The summed E-state index contributed by atoms with van der Waals surface area (Å²) in [6.07, 6.45) is 0. The van der Waals surface area contributed by atoms with Crippen LogP contribution in [-0.2, 0) is 19.7 Å². The minimum atomic E-state index is 0.387. The number of halogens is 3. The van der Waals surface area contributed by atoms with Gasteiger partial charge in [0.1, 0.15) is 18.1 Å². The fraction of sp³-hybridized carbons (Fsp3) is 0.182. The molecule has 0 fully saturated rings. The molecule has 0 aliphatic heterocycles. The summed E-state index contributed by atoms with van der Waals surface area (Å²) in [5, 5.41) is 5.12. The first kappa shape index (κ1) is 20.8. The Kier molecular flexibility index (Phi) is 7.46. The van der Waals surface area contributed by atoms with E-state index in [1.165, 1.54) is 0 Å². The summed E-state index contributed by atoms with van der Waals surface area (Å²) in [7, 11) is 1.67. The van der Waals surface area contributed by atoms with E-state index in [4.69, 9.17) is 44.3 Å².